The van der Waals surface area contributed by atoms with Crippen molar-refractivity contribution >= 4 is 39.4 Å². The molecule has 0 aliphatic carbocycles. The third kappa shape index (κ3) is 5.21. The molecule has 0 spiro atoms. The van der Waals surface area contributed by atoms with Gasteiger partial charge in [0.05, 0.1) is 17.6 Å². The van der Waals surface area contributed by atoms with Crippen LogP contribution in [0, 0.1) is 0 Å². The second-order valence-electron chi connectivity index (χ2n) is 6.93. The summed E-state index contributed by atoms with van der Waals surface area (Å²) in [6.45, 7) is 0. The molecule has 2 N–H and O–H groups in total. The number of carbonyl (C=O) groups excluding carboxylic acids is 1. The fourth-order valence-electron chi connectivity index (χ4n) is 3.07. The van der Waals surface area contributed by atoms with Gasteiger partial charge in [-0.1, -0.05) is 23.3 Å². The molecule has 0 bridgehead atoms. The number of amides is 1. The first-order chi connectivity index (χ1) is 16.4. The van der Waals surface area contributed by atoms with Crippen molar-refractivity contribution in [3.63, 3.8) is 0 Å². The molecule has 1 amide bonds. The molecule has 0 aliphatic rings. The Bertz CT molecular complexity index is 1420. The highest BCUT2D eigenvalue weighted by Crippen LogP contribution is 2.30. The number of hydrogen-bond donors (Lipinski definition) is 2. The molecule has 0 unspecified atom stereocenters. The number of rotatable bonds is 8. The monoisotopic (exact) mass is 496 g/mol. The SMILES string of the molecule is COc1ccc(S(=O)(=O)Nc2cccc(C(=O)Nc3nnc(-c4ccccc4SC)o3)c2)cc1. The van der Waals surface area contributed by atoms with E-state index in [0.29, 0.717) is 5.75 Å². The van der Waals surface area contributed by atoms with Gasteiger partial charge in [0.2, 0.25) is 0 Å². The van der Waals surface area contributed by atoms with Gasteiger partial charge in [0, 0.05) is 16.1 Å². The van der Waals surface area contributed by atoms with Crippen LogP contribution in [0.25, 0.3) is 11.5 Å². The van der Waals surface area contributed by atoms with Gasteiger partial charge in [-0.2, -0.15) is 0 Å². The predicted octanol–water partition coefficient (Wildman–Crippen LogP) is 4.52. The lowest BCUT2D eigenvalue weighted by Gasteiger charge is -2.10. The van der Waals surface area contributed by atoms with E-state index in [1.807, 2.05) is 30.5 Å². The molecule has 34 heavy (non-hydrogen) atoms. The zero-order chi connectivity index (χ0) is 24.1. The van der Waals surface area contributed by atoms with Crippen molar-refractivity contribution in [1.29, 1.82) is 0 Å². The maximum Gasteiger partial charge on any atom is 0.322 e. The van der Waals surface area contributed by atoms with Crippen molar-refractivity contribution in [3.05, 3.63) is 78.4 Å². The van der Waals surface area contributed by atoms with E-state index in [2.05, 4.69) is 20.2 Å². The fourth-order valence-corrected chi connectivity index (χ4v) is 4.71. The summed E-state index contributed by atoms with van der Waals surface area (Å²) >= 11 is 1.54. The summed E-state index contributed by atoms with van der Waals surface area (Å²) in [5.74, 6) is 0.291. The molecule has 0 aliphatic heterocycles. The van der Waals surface area contributed by atoms with E-state index in [-0.39, 0.29) is 28.1 Å². The minimum atomic E-state index is -3.85. The quantitative estimate of drug-likeness (QED) is 0.341. The van der Waals surface area contributed by atoms with Gasteiger partial charge < -0.3 is 9.15 Å². The number of carbonyl (C=O) groups is 1. The molecule has 1 heterocycles. The number of sulfonamides is 1. The molecule has 174 valence electrons. The maximum atomic E-state index is 12.7. The van der Waals surface area contributed by atoms with Crippen LogP contribution in [0.5, 0.6) is 5.75 Å². The first-order valence-electron chi connectivity index (χ1n) is 9.95. The highest BCUT2D eigenvalue weighted by molar-refractivity contribution is 7.98. The molecular weight excluding hydrogens is 476 g/mol. The van der Waals surface area contributed by atoms with E-state index in [1.165, 1.54) is 37.1 Å². The van der Waals surface area contributed by atoms with Crippen LogP contribution in [0.3, 0.4) is 0 Å². The molecule has 4 rings (SSSR count). The Kier molecular flexibility index (Phi) is 6.85. The summed E-state index contributed by atoms with van der Waals surface area (Å²) in [5, 5.41) is 10.4. The van der Waals surface area contributed by atoms with Gasteiger partial charge in [0.1, 0.15) is 5.75 Å². The van der Waals surface area contributed by atoms with Crippen LogP contribution in [0.1, 0.15) is 10.4 Å². The standard InChI is InChI=1S/C23H20N4O5S2/c1-31-17-10-12-18(13-11-17)34(29,30)27-16-7-5-6-15(14-16)21(28)24-23-26-25-22(32-23)19-8-3-4-9-20(19)33-2/h3-14,27H,1-2H3,(H,24,26,28). The normalized spacial score (nSPS) is 11.1. The topological polar surface area (TPSA) is 123 Å². The number of thioether (sulfide) groups is 1. The van der Waals surface area contributed by atoms with Crippen molar-refractivity contribution in [3.8, 4) is 17.2 Å². The Morgan fingerprint density at radius 3 is 2.50 bits per heavy atom. The number of benzene rings is 3. The molecule has 0 fully saturated rings. The molecular formula is C23H20N4O5S2. The summed E-state index contributed by atoms with van der Waals surface area (Å²) < 4.78 is 38.5. The third-order valence-corrected chi connectivity index (χ3v) is 6.92. The van der Waals surface area contributed by atoms with Crippen molar-refractivity contribution in [2.75, 3.05) is 23.4 Å². The number of nitrogens with one attached hydrogen (secondary N) is 2. The van der Waals surface area contributed by atoms with Gasteiger partial charge in [-0.15, -0.1) is 16.9 Å². The molecule has 9 nitrogen and oxygen atoms in total. The van der Waals surface area contributed by atoms with Crippen LogP contribution in [0.4, 0.5) is 11.7 Å². The Labute approximate surface area is 200 Å². The van der Waals surface area contributed by atoms with Gasteiger partial charge in [-0.25, -0.2) is 8.42 Å². The van der Waals surface area contributed by atoms with Crippen LogP contribution in [0.2, 0.25) is 0 Å². The Hall–Kier alpha value is -3.83. The fraction of sp³-hybridized carbons (Fsp3) is 0.0870. The third-order valence-electron chi connectivity index (χ3n) is 4.73. The lowest BCUT2D eigenvalue weighted by molar-refractivity contribution is 0.102. The second-order valence-corrected chi connectivity index (χ2v) is 9.46. The highest BCUT2D eigenvalue weighted by Gasteiger charge is 2.17. The van der Waals surface area contributed by atoms with E-state index in [4.69, 9.17) is 9.15 Å². The lowest BCUT2D eigenvalue weighted by Crippen LogP contribution is -2.15. The van der Waals surface area contributed by atoms with Crippen LogP contribution < -0.4 is 14.8 Å². The van der Waals surface area contributed by atoms with Gasteiger partial charge in [-0.05, 0) is 60.9 Å². The number of ether oxygens (including phenoxy) is 1. The average Bonchev–Trinajstić information content (AvgIpc) is 3.32. The summed E-state index contributed by atoms with van der Waals surface area (Å²) in [5.41, 5.74) is 1.20. The van der Waals surface area contributed by atoms with Gasteiger partial charge in [0.15, 0.2) is 0 Å². The molecule has 3 aromatic carbocycles. The summed E-state index contributed by atoms with van der Waals surface area (Å²) in [7, 11) is -2.36. The maximum absolute atomic E-state index is 12.7. The number of hydrogen-bond acceptors (Lipinski definition) is 8. The first-order valence-corrected chi connectivity index (χ1v) is 12.7. The average molecular weight is 497 g/mol. The first kappa shape index (κ1) is 23.3. The summed E-state index contributed by atoms with van der Waals surface area (Å²) in [4.78, 5) is 13.7. The van der Waals surface area contributed by atoms with Crippen molar-refractivity contribution in [1.82, 2.24) is 10.2 Å². The number of aromatic nitrogens is 2. The second kappa shape index (κ2) is 9.98. The van der Waals surface area contributed by atoms with E-state index in [9.17, 15) is 13.2 Å². The highest BCUT2D eigenvalue weighted by atomic mass is 32.2. The molecule has 11 heteroatoms. The Morgan fingerprint density at radius 1 is 1.00 bits per heavy atom. The zero-order valence-electron chi connectivity index (χ0n) is 18.2. The van der Waals surface area contributed by atoms with Gasteiger partial charge in [0.25, 0.3) is 21.8 Å². The summed E-state index contributed by atoms with van der Waals surface area (Å²) in [6, 6.07) is 19.5. The largest absolute Gasteiger partial charge is 0.497 e. The Balaban J connectivity index is 1.48. The summed E-state index contributed by atoms with van der Waals surface area (Å²) in [6.07, 6.45) is 1.94. The zero-order valence-corrected chi connectivity index (χ0v) is 19.8. The number of anilines is 2. The van der Waals surface area contributed by atoms with Crippen molar-refractivity contribution in [2.45, 2.75) is 9.79 Å². The minimum Gasteiger partial charge on any atom is -0.497 e. The molecule has 1 aromatic heterocycles. The molecule has 0 saturated heterocycles. The van der Waals surface area contributed by atoms with Gasteiger partial charge >= 0.3 is 6.01 Å². The van der Waals surface area contributed by atoms with Crippen molar-refractivity contribution < 1.29 is 22.4 Å². The number of nitrogens with zero attached hydrogens (tertiary/aromatic N) is 2. The van der Waals surface area contributed by atoms with E-state index in [0.717, 1.165) is 10.5 Å². The smallest absolute Gasteiger partial charge is 0.322 e. The predicted molar refractivity (Wildman–Crippen MR) is 130 cm³/mol. The van der Waals surface area contributed by atoms with E-state index in [1.54, 1.807) is 30.3 Å². The molecule has 0 radical (unpaired) electrons. The Morgan fingerprint density at radius 2 is 1.76 bits per heavy atom. The van der Waals surface area contributed by atoms with E-state index >= 15 is 0 Å². The molecule has 0 atom stereocenters. The lowest BCUT2D eigenvalue weighted by atomic mass is 10.2. The van der Waals surface area contributed by atoms with Crippen molar-refractivity contribution in [2.24, 2.45) is 0 Å². The van der Waals surface area contributed by atoms with E-state index < -0.39 is 15.9 Å². The molecule has 4 aromatic rings. The number of methoxy groups -OCH3 is 1. The van der Waals surface area contributed by atoms with Gasteiger partial charge in [-0.3, -0.25) is 14.8 Å². The van der Waals surface area contributed by atoms with Crippen LogP contribution in [-0.2, 0) is 10.0 Å². The van der Waals surface area contributed by atoms with Crippen LogP contribution in [-0.4, -0.2) is 37.9 Å². The van der Waals surface area contributed by atoms with Crippen LogP contribution >= 0.6 is 11.8 Å². The molecule has 0 saturated carbocycles. The minimum absolute atomic E-state index is 0.0621. The van der Waals surface area contributed by atoms with Crippen LogP contribution in [0.15, 0.2) is 87.0 Å².